The predicted molar refractivity (Wildman–Crippen MR) is 65.7 cm³/mol. The number of hydrogen-bond donors (Lipinski definition) is 1. The Morgan fingerprint density at radius 1 is 0.857 bits per heavy atom. The molecule has 1 N–H and O–H groups in total. The van der Waals surface area contributed by atoms with Crippen LogP contribution in [0, 0.1) is 5.92 Å². The normalized spacial score (nSPS) is 11.1. The first-order valence-corrected chi connectivity index (χ1v) is 6.48. The Hall–Kier alpha value is -0.0400. The Labute approximate surface area is 90.7 Å². The monoisotopic (exact) mass is 199 g/mol. The standard InChI is InChI=1S/C13H29N/c1-4-5-6-7-8-9-10-11-14-12-13(2)3/h13-14H,4-12H2,1-3H3. The summed E-state index contributed by atoms with van der Waals surface area (Å²) in [5.41, 5.74) is 0. The fraction of sp³-hybridized carbons (Fsp3) is 1.00. The zero-order valence-corrected chi connectivity index (χ0v) is 10.4. The van der Waals surface area contributed by atoms with E-state index in [9.17, 15) is 0 Å². The molecule has 0 amide bonds. The van der Waals surface area contributed by atoms with Gasteiger partial charge in [-0.05, 0) is 25.4 Å². The molecule has 0 aliphatic carbocycles. The molecule has 0 fully saturated rings. The van der Waals surface area contributed by atoms with Crippen molar-refractivity contribution >= 4 is 0 Å². The number of unbranched alkanes of at least 4 members (excludes halogenated alkanes) is 6. The van der Waals surface area contributed by atoms with Crippen LogP contribution in [0.25, 0.3) is 0 Å². The van der Waals surface area contributed by atoms with Gasteiger partial charge in [-0.15, -0.1) is 0 Å². The average Bonchev–Trinajstić information content (AvgIpc) is 2.15. The van der Waals surface area contributed by atoms with Crippen molar-refractivity contribution in [2.45, 2.75) is 65.7 Å². The minimum absolute atomic E-state index is 0.791. The maximum atomic E-state index is 3.49. The highest BCUT2D eigenvalue weighted by atomic mass is 14.8. The van der Waals surface area contributed by atoms with Crippen LogP contribution in [-0.4, -0.2) is 13.1 Å². The Kier molecular flexibility index (Phi) is 11.0. The lowest BCUT2D eigenvalue weighted by Crippen LogP contribution is -2.20. The lowest BCUT2D eigenvalue weighted by atomic mass is 10.1. The molecule has 86 valence electrons. The van der Waals surface area contributed by atoms with E-state index in [-0.39, 0.29) is 0 Å². The molecule has 0 heterocycles. The molecule has 0 saturated carbocycles. The molecule has 0 aromatic rings. The van der Waals surface area contributed by atoms with E-state index >= 15 is 0 Å². The summed E-state index contributed by atoms with van der Waals surface area (Å²) in [5.74, 6) is 0.791. The van der Waals surface area contributed by atoms with E-state index in [1.165, 1.54) is 58.0 Å². The lowest BCUT2D eigenvalue weighted by molar-refractivity contribution is 0.520. The van der Waals surface area contributed by atoms with Crippen LogP contribution in [0.3, 0.4) is 0 Å². The third-order valence-electron chi connectivity index (χ3n) is 2.51. The van der Waals surface area contributed by atoms with Crippen LogP contribution >= 0.6 is 0 Å². The van der Waals surface area contributed by atoms with Crippen molar-refractivity contribution in [3.63, 3.8) is 0 Å². The van der Waals surface area contributed by atoms with Crippen molar-refractivity contribution in [1.82, 2.24) is 5.32 Å². The highest BCUT2D eigenvalue weighted by Gasteiger charge is 1.93. The van der Waals surface area contributed by atoms with E-state index in [1.807, 2.05) is 0 Å². The highest BCUT2D eigenvalue weighted by Crippen LogP contribution is 2.06. The van der Waals surface area contributed by atoms with Gasteiger partial charge in [-0.2, -0.15) is 0 Å². The van der Waals surface area contributed by atoms with Gasteiger partial charge in [0, 0.05) is 0 Å². The predicted octanol–water partition coefficient (Wildman–Crippen LogP) is 3.98. The minimum Gasteiger partial charge on any atom is -0.316 e. The van der Waals surface area contributed by atoms with E-state index in [1.54, 1.807) is 0 Å². The van der Waals surface area contributed by atoms with E-state index in [2.05, 4.69) is 26.1 Å². The maximum absolute atomic E-state index is 3.49. The smallest absolute Gasteiger partial charge is 0.00258 e. The molecule has 0 rings (SSSR count). The van der Waals surface area contributed by atoms with E-state index in [0.29, 0.717) is 0 Å². The molecule has 14 heavy (non-hydrogen) atoms. The second-order valence-corrected chi connectivity index (χ2v) is 4.72. The van der Waals surface area contributed by atoms with Crippen molar-refractivity contribution in [3.05, 3.63) is 0 Å². The van der Waals surface area contributed by atoms with Gasteiger partial charge in [0.05, 0.1) is 0 Å². The Morgan fingerprint density at radius 2 is 1.43 bits per heavy atom. The first-order valence-electron chi connectivity index (χ1n) is 6.48. The zero-order chi connectivity index (χ0) is 10.6. The van der Waals surface area contributed by atoms with E-state index in [4.69, 9.17) is 0 Å². The minimum atomic E-state index is 0.791. The Balaban J connectivity index is 2.85. The summed E-state index contributed by atoms with van der Waals surface area (Å²) >= 11 is 0. The first-order chi connectivity index (χ1) is 6.77. The van der Waals surface area contributed by atoms with Crippen LogP contribution in [0.5, 0.6) is 0 Å². The topological polar surface area (TPSA) is 12.0 Å². The average molecular weight is 199 g/mol. The van der Waals surface area contributed by atoms with Gasteiger partial charge in [0.15, 0.2) is 0 Å². The molecule has 0 unspecified atom stereocenters. The second kappa shape index (κ2) is 11.0. The van der Waals surface area contributed by atoms with Gasteiger partial charge in [0.2, 0.25) is 0 Å². The summed E-state index contributed by atoms with van der Waals surface area (Å²) in [6, 6.07) is 0. The molecule has 0 spiro atoms. The van der Waals surface area contributed by atoms with Gasteiger partial charge in [0.25, 0.3) is 0 Å². The molecular formula is C13H29N. The Bertz CT molecular complexity index is 99.4. The fourth-order valence-corrected chi connectivity index (χ4v) is 1.60. The van der Waals surface area contributed by atoms with Gasteiger partial charge in [-0.3, -0.25) is 0 Å². The number of hydrogen-bond acceptors (Lipinski definition) is 1. The summed E-state index contributed by atoms with van der Waals surface area (Å²) in [6.07, 6.45) is 9.87. The Morgan fingerprint density at radius 3 is 2.00 bits per heavy atom. The van der Waals surface area contributed by atoms with E-state index < -0.39 is 0 Å². The van der Waals surface area contributed by atoms with E-state index in [0.717, 1.165) is 5.92 Å². The maximum Gasteiger partial charge on any atom is -0.00258 e. The SMILES string of the molecule is CCCCCCCCCNCC(C)C. The fourth-order valence-electron chi connectivity index (χ4n) is 1.60. The van der Waals surface area contributed by atoms with Gasteiger partial charge < -0.3 is 5.32 Å². The molecule has 1 heteroatoms. The summed E-state index contributed by atoms with van der Waals surface area (Å²) in [5, 5.41) is 3.49. The van der Waals surface area contributed by atoms with Gasteiger partial charge in [-0.25, -0.2) is 0 Å². The summed E-state index contributed by atoms with van der Waals surface area (Å²) in [4.78, 5) is 0. The van der Waals surface area contributed by atoms with Gasteiger partial charge >= 0.3 is 0 Å². The van der Waals surface area contributed by atoms with Crippen molar-refractivity contribution in [1.29, 1.82) is 0 Å². The van der Waals surface area contributed by atoms with Crippen LogP contribution in [-0.2, 0) is 0 Å². The molecule has 0 saturated heterocycles. The van der Waals surface area contributed by atoms with Crippen molar-refractivity contribution in [2.75, 3.05) is 13.1 Å². The van der Waals surface area contributed by atoms with Crippen LogP contribution in [0.1, 0.15) is 65.7 Å². The quantitative estimate of drug-likeness (QED) is 0.525. The lowest BCUT2D eigenvalue weighted by Gasteiger charge is -2.06. The zero-order valence-electron chi connectivity index (χ0n) is 10.4. The molecule has 0 aliphatic rings. The summed E-state index contributed by atoms with van der Waals surface area (Å²) in [6.45, 7) is 9.19. The van der Waals surface area contributed by atoms with Crippen LogP contribution in [0.4, 0.5) is 0 Å². The number of nitrogens with one attached hydrogen (secondary N) is 1. The molecule has 0 atom stereocenters. The first kappa shape index (κ1) is 14.0. The van der Waals surface area contributed by atoms with Crippen LogP contribution in [0.15, 0.2) is 0 Å². The molecule has 1 nitrogen and oxygen atoms in total. The third kappa shape index (κ3) is 12.0. The number of rotatable bonds is 10. The highest BCUT2D eigenvalue weighted by molar-refractivity contribution is 4.52. The van der Waals surface area contributed by atoms with Crippen molar-refractivity contribution in [2.24, 2.45) is 5.92 Å². The van der Waals surface area contributed by atoms with Crippen LogP contribution < -0.4 is 5.32 Å². The second-order valence-electron chi connectivity index (χ2n) is 4.72. The molecule has 0 aliphatic heterocycles. The van der Waals surface area contributed by atoms with Crippen molar-refractivity contribution < 1.29 is 0 Å². The van der Waals surface area contributed by atoms with Gasteiger partial charge in [-0.1, -0.05) is 59.3 Å². The molecule has 0 bridgehead atoms. The third-order valence-corrected chi connectivity index (χ3v) is 2.51. The largest absolute Gasteiger partial charge is 0.316 e. The molecule has 0 aromatic heterocycles. The van der Waals surface area contributed by atoms with Crippen LogP contribution in [0.2, 0.25) is 0 Å². The summed E-state index contributed by atoms with van der Waals surface area (Å²) in [7, 11) is 0. The summed E-state index contributed by atoms with van der Waals surface area (Å²) < 4.78 is 0. The molecular weight excluding hydrogens is 170 g/mol. The van der Waals surface area contributed by atoms with Crippen molar-refractivity contribution in [3.8, 4) is 0 Å². The molecule has 0 radical (unpaired) electrons. The van der Waals surface area contributed by atoms with Gasteiger partial charge in [0.1, 0.15) is 0 Å². The molecule has 0 aromatic carbocycles.